The van der Waals surface area contributed by atoms with Gasteiger partial charge in [0.05, 0.1) is 0 Å². The third-order valence-electron chi connectivity index (χ3n) is 4.14. The Morgan fingerprint density at radius 3 is 2.32 bits per heavy atom. The highest BCUT2D eigenvalue weighted by atomic mass is 32.2. The van der Waals surface area contributed by atoms with Crippen LogP contribution in [0.3, 0.4) is 0 Å². The molecule has 5 heteroatoms. The van der Waals surface area contributed by atoms with Gasteiger partial charge in [0.15, 0.2) is 10.9 Å². The van der Waals surface area contributed by atoms with Crippen molar-refractivity contribution in [1.29, 1.82) is 0 Å². The first-order chi connectivity index (χ1) is 12.0. The maximum atomic E-state index is 12.4. The number of carbonyl (C=O) groups is 3. The van der Waals surface area contributed by atoms with E-state index in [1.165, 1.54) is 18.7 Å². The fraction of sp³-hybridized carbons (Fsp3) is 0.250. The van der Waals surface area contributed by atoms with E-state index in [1.807, 2.05) is 30.3 Å². The lowest BCUT2D eigenvalue weighted by Crippen LogP contribution is -2.25. The average Bonchev–Trinajstić information content (AvgIpc) is 2.94. The van der Waals surface area contributed by atoms with Crippen molar-refractivity contribution in [3.8, 4) is 0 Å². The van der Waals surface area contributed by atoms with Crippen LogP contribution in [-0.2, 0) is 16.1 Å². The zero-order valence-electron chi connectivity index (χ0n) is 14.0. The first kappa shape index (κ1) is 17.4. The Hall–Kier alpha value is -2.40. The molecule has 1 saturated heterocycles. The molecule has 0 saturated carbocycles. The van der Waals surface area contributed by atoms with Gasteiger partial charge in [0.1, 0.15) is 0 Å². The number of ketones is 1. The Labute approximate surface area is 151 Å². The molecule has 1 fully saturated rings. The van der Waals surface area contributed by atoms with Gasteiger partial charge in [0.25, 0.3) is 0 Å². The van der Waals surface area contributed by atoms with Gasteiger partial charge in [-0.15, -0.1) is 0 Å². The number of hydrogen-bond donors (Lipinski definition) is 0. The number of carbonyl (C=O) groups excluding carboxylic acids is 3. The molecule has 0 aliphatic carbocycles. The Balaban J connectivity index is 1.64. The van der Waals surface area contributed by atoms with E-state index in [4.69, 9.17) is 0 Å². The van der Waals surface area contributed by atoms with Gasteiger partial charge in [0.2, 0.25) is 5.91 Å². The third kappa shape index (κ3) is 4.37. The maximum absolute atomic E-state index is 12.4. The van der Waals surface area contributed by atoms with Crippen molar-refractivity contribution in [2.75, 3.05) is 6.54 Å². The maximum Gasteiger partial charge on any atom is 0.224 e. The second-order valence-electron chi connectivity index (χ2n) is 6.10. The van der Waals surface area contributed by atoms with Crippen molar-refractivity contribution < 1.29 is 14.4 Å². The number of benzene rings is 2. The molecule has 0 bridgehead atoms. The summed E-state index contributed by atoms with van der Waals surface area (Å²) in [4.78, 5) is 37.4. The van der Waals surface area contributed by atoms with E-state index in [-0.39, 0.29) is 22.1 Å². The quantitative estimate of drug-likeness (QED) is 0.774. The van der Waals surface area contributed by atoms with Gasteiger partial charge in [-0.1, -0.05) is 66.4 Å². The molecule has 0 N–H and O–H groups in total. The Morgan fingerprint density at radius 2 is 1.68 bits per heavy atom. The molecule has 128 valence electrons. The SMILES string of the molecule is CC(=O)SC1CC(=O)N(Cc2ccc(C(=O)c3ccccc3)cc2)C1. The number of likely N-dealkylation sites (tertiary alicyclic amines) is 1. The summed E-state index contributed by atoms with van der Waals surface area (Å²) >= 11 is 1.24. The number of hydrogen-bond acceptors (Lipinski definition) is 4. The average molecular weight is 353 g/mol. The number of amides is 1. The normalized spacial score (nSPS) is 16.9. The molecular weight excluding hydrogens is 334 g/mol. The van der Waals surface area contributed by atoms with E-state index in [2.05, 4.69) is 0 Å². The summed E-state index contributed by atoms with van der Waals surface area (Å²) in [7, 11) is 0. The van der Waals surface area contributed by atoms with Crippen LogP contribution in [0.2, 0.25) is 0 Å². The minimum absolute atomic E-state index is 0.0117. The zero-order chi connectivity index (χ0) is 17.8. The Kier molecular flexibility index (Phi) is 5.34. The largest absolute Gasteiger partial charge is 0.337 e. The highest BCUT2D eigenvalue weighted by Crippen LogP contribution is 2.25. The van der Waals surface area contributed by atoms with Crippen molar-refractivity contribution in [1.82, 2.24) is 4.90 Å². The summed E-state index contributed by atoms with van der Waals surface area (Å²) in [6.45, 7) is 2.63. The molecule has 0 radical (unpaired) electrons. The van der Waals surface area contributed by atoms with Gasteiger partial charge < -0.3 is 4.90 Å². The number of rotatable bonds is 5. The fourth-order valence-electron chi connectivity index (χ4n) is 2.94. The molecule has 3 rings (SSSR count). The van der Waals surface area contributed by atoms with Crippen LogP contribution < -0.4 is 0 Å². The van der Waals surface area contributed by atoms with Crippen LogP contribution in [0, 0.1) is 0 Å². The smallest absolute Gasteiger partial charge is 0.224 e. The summed E-state index contributed by atoms with van der Waals surface area (Å²) in [5.74, 6) is 0.0607. The Morgan fingerprint density at radius 1 is 1.04 bits per heavy atom. The van der Waals surface area contributed by atoms with Gasteiger partial charge in [-0.3, -0.25) is 14.4 Å². The summed E-state index contributed by atoms with van der Waals surface area (Å²) in [5.41, 5.74) is 2.27. The van der Waals surface area contributed by atoms with Gasteiger partial charge in [-0.2, -0.15) is 0 Å². The monoisotopic (exact) mass is 353 g/mol. The van der Waals surface area contributed by atoms with Gasteiger partial charge in [-0.25, -0.2) is 0 Å². The standard InChI is InChI=1S/C20H19NO3S/c1-14(22)25-18-11-19(23)21(13-18)12-15-7-9-17(10-8-15)20(24)16-5-3-2-4-6-16/h2-10,18H,11-13H2,1H3. The molecule has 1 aliphatic rings. The highest BCUT2D eigenvalue weighted by Gasteiger charge is 2.30. The zero-order valence-corrected chi connectivity index (χ0v) is 14.8. The van der Waals surface area contributed by atoms with Crippen molar-refractivity contribution in [2.24, 2.45) is 0 Å². The summed E-state index contributed by atoms with van der Waals surface area (Å²) < 4.78 is 0. The van der Waals surface area contributed by atoms with Crippen LogP contribution in [0.25, 0.3) is 0 Å². The van der Waals surface area contributed by atoms with Gasteiger partial charge in [-0.05, 0) is 5.56 Å². The van der Waals surface area contributed by atoms with E-state index >= 15 is 0 Å². The summed E-state index contributed by atoms with van der Waals surface area (Å²) in [6, 6.07) is 16.5. The lowest BCUT2D eigenvalue weighted by Gasteiger charge is -2.16. The molecule has 2 aromatic carbocycles. The fourth-order valence-corrected chi connectivity index (χ4v) is 3.89. The molecular formula is C20H19NO3S. The van der Waals surface area contributed by atoms with Crippen LogP contribution in [0.15, 0.2) is 54.6 Å². The van der Waals surface area contributed by atoms with Crippen LogP contribution in [0.5, 0.6) is 0 Å². The van der Waals surface area contributed by atoms with Crippen molar-refractivity contribution in [3.05, 3.63) is 71.3 Å². The van der Waals surface area contributed by atoms with Gasteiger partial charge >= 0.3 is 0 Å². The molecule has 0 spiro atoms. The molecule has 25 heavy (non-hydrogen) atoms. The second-order valence-corrected chi connectivity index (χ2v) is 7.58. The van der Waals surface area contributed by atoms with Crippen molar-refractivity contribution >= 4 is 28.6 Å². The van der Waals surface area contributed by atoms with Crippen LogP contribution in [0.1, 0.15) is 34.8 Å². The minimum atomic E-state index is -0.0117. The molecule has 1 unspecified atom stereocenters. The molecule has 1 heterocycles. The molecule has 4 nitrogen and oxygen atoms in total. The Bertz CT molecular complexity index is 786. The van der Waals surface area contributed by atoms with Crippen LogP contribution in [-0.4, -0.2) is 33.5 Å². The van der Waals surface area contributed by atoms with E-state index in [1.54, 1.807) is 29.2 Å². The second kappa shape index (κ2) is 7.66. The molecule has 1 aliphatic heterocycles. The highest BCUT2D eigenvalue weighted by molar-refractivity contribution is 8.14. The number of nitrogens with zero attached hydrogens (tertiary/aromatic N) is 1. The van der Waals surface area contributed by atoms with Crippen LogP contribution >= 0.6 is 11.8 Å². The summed E-state index contributed by atoms with van der Waals surface area (Å²) in [6.07, 6.45) is 0.412. The third-order valence-corrected chi connectivity index (χ3v) is 5.12. The molecule has 2 aromatic rings. The first-order valence-electron chi connectivity index (χ1n) is 8.16. The predicted octanol–water partition coefficient (Wildman–Crippen LogP) is 3.30. The minimum Gasteiger partial charge on any atom is -0.337 e. The number of thioether (sulfide) groups is 1. The topological polar surface area (TPSA) is 54.5 Å². The van der Waals surface area contributed by atoms with Gasteiger partial charge in [0, 0.05) is 42.8 Å². The van der Waals surface area contributed by atoms with E-state index in [9.17, 15) is 14.4 Å². The molecule has 1 amide bonds. The van der Waals surface area contributed by atoms with Crippen LogP contribution in [0.4, 0.5) is 0 Å². The lowest BCUT2D eigenvalue weighted by molar-refractivity contribution is -0.128. The van der Waals surface area contributed by atoms with Crippen molar-refractivity contribution in [2.45, 2.75) is 25.1 Å². The van der Waals surface area contributed by atoms with Crippen molar-refractivity contribution in [3.63, 3.8) is 0 Å². The summed E-state index contributed by atoms with van der Waals surface area (Å²) in [5, 5.41) is 0.0901. The molecule has 1 atom stereocenters. The molecule has 0 aromatic heterocycles. The van der Waals surface area contributed by atoms with E-state index in [0.717, 1.165) is 5.56 Å². The predicted molar refractivity (Wildman–Crippen MR) is 98.4 cm³/mol. The lowest BCUT2D eigenvalue weighted by atomic mass is 10.0. The first-order valence-corrected chi connectivity index (χ1v) is 9.04. The van der Waals surface area contributed by atoms with E-state index < -0.39 is 0 Å². The van der Waals surface area contributed by atoms with E-state index in [0.29, 0.717) is 30.6 Å².